The van der Waals surface area contributed by atoms with Crippen molar-refractivity contribution in [2.75, 3.05) is 32.1 Å². The number of ether oxygens (including phenoxy) is 2. The number of alkyl halides is 3. The molecule has 0 spiro atoms. The molecule has 2 aromatic carbocycles. The maximum Gasteiger partial charge on any atom is 0.417 e. The smallest absolute Gasteiger partial charge is 0.417 e. The largest absolute Gasteiger partial charge is 0.493 e. The van der Waals surface area contributed by atoms with Gasteiger partial charge in [-0.1, -0.05) is 24.6 Å². The van der Waals surface area contributed by atoms with E-state index in [4.69, 9.17) is 21.1 Å². The number of methoxy groups -OCH3 is 1. The first-order valence-electron chi connectivity index (χ1n) is 9.36. The molecule has 0 aliphatic carbocycles. The van der Waals surface area contributed by atoms with Gasteiger partial charge in [-0.25, -0.2) is 0 Å². The molecule has 30 heavy (non-hydrogen) atoms. The Kier molecular flexibility index (Phi) is 8.37. The van der Waals surface area contributed by atoms with Gasteiger partial charge in [0.15, 0.2) is 11.5 Å². The van der Waals surface area contributed by atoms with E-state index in [0.717, 1.165) is 17.7 Å². The predicted molar refractivity (Wildman–Crippen MR) is 110 cm³/mol. The molecule has 5 nitrogen and oxygen atoms in total. The minimum Gasteiger partial charge on any atom is -0.493 e. The number of halogens is 4. The van der Waals surface area contributed by atoms with Crippen molar-refractivity contribution in [2.24, 2.45) is 0 Å². The summed E-state index contributed by atoms with van der Waals surface area (Å²) < 4.78 is 49.8. The third-order valence-corrected chi connectivity index (χ3v) is 4.63. The molecule has 9 heteroatoms. The van der Waals surface area contributed by atoms with E-state index in [1.165, 1.54) is 6.07 Å². The van der Waals surface area contributed by atoms with Crippen molar-refractivity contribution < 1.29 is 27.4 Å². The maximum absolute atomic E-state index is 13.0. The Morgan fingerprint density at radius 3 is 2.47 bits per heavy atom. The first kappa shape index (κ1) is 23.8. The molecule has 164 valence electrons. The van der Waals surface area contributed by atoms with E-state index in [1.54, 1.807) is 13.2 Å². The SMILES string of the molecule is CCOc1ccc(CN(CC)CC(=O)Nc2ccc(Cl)c(C(F)(F)F)c2)cc1OC. The van der Waals surface area contributed by atoms with Crippen LogP contribution < -0.4 is 14.8 Å². The maximum atomic E-state index is 13.0. The van der Waals surface area contributed by atoms with Crippen LogP contribution in [-0.4, -0.2) is 37.6 Å². The van der Waals surface area contributed by atoms with Gasteiger partial charge in [-0.3, -0.25) is 9.69 Å². The van der Waals surface area contributed by atoms with E-state index in [1.807, 2.05) is 30.9 Å². The van der Waals surface area contributed by atoms with Crippen molar-refractivity contribution in [1.82, 2.24) is 4.90 Å². The number of carbonyl (C=O) groups is 1. The van der Waals surface area contributed by atoms with E-state index >= 15 is 0 Å². The van der Waals surface area contributed by atoms with Crippen molar-refractivity contribution in [1.29, 1.82) is 0 Å². The number of carbonyl (C=O) groups excluding carboxylic acids is 1. The lowest BCUT2D eigenvalue weighted by atomic mass is 10.1. The molecule has 0 aromatic heterocycles. The summed E-state index contributed by atoms with van der Waals surface area (Å²) in [7, 11) is 1.55. The third-order valence-electron chi connectivity index (χ3n) is 4.30. The summed E-state index contributed by atoms with van der Waals surface area (Å²) in [5.74, 6) is 0.800. The molecular weight excluding hydrogens is 421 g/mol. The molecule has 0 aliphatic heterocycles. The molecule has 0 saturated heterocycles. The zero-order valence-electron chi connectivity index (χ0n) is 17.0. The summed E-state index contributed by atoms with van der Waals surface area (Å²) in [5, 5.41) is 2.08. The summed E-state index contributed by atoms with van der Waals surface area (Å²) >= 11 is 5.61. The van der Waals surface area contributed by atoms with Crippen molar-refractivity contribution in [3.05, 3.63) is 52.5 Å². The molecule has 0 fully saturated rings. The fourth-order valence-corrected chi connectivity index (χ4v) is 3.07. The minimum atomic E-state index is -4.60. The van der Waals surface area contributed by atoms with Crippen molar-refractivity contribution >= 4 is 23.2 Å². The summed E-state index contributed by atoms with van der Waals surface area (Å²) in [6.07, 6.45) is -4.60. The molecule has 0 saturated carbocycles. The van der Waals surface area contributed by atoms with Crippen LogP contribution in [0.1, 0.15) is 25.0 Å². The van der Waals surface area contributed by atoms with Crippen molar-refractivity contribution in [3.8, 4) is 11.5 Å². The second-order valence-electron chi connectivity index (χ2n) is 6.46. The van der Waals surface area contributed by atoms with Crippen LogP contribution in [0.15, 0.2) is 36.4 Å². The Balaban J connectivity index is 2.05. The van der Waals surface area contributed by atoms with Crippen LogP contribution >= 0.6 is 11.6 Å². The predicted octanol–water partition coefficient (Wildman–Crippen LogP) is 5.23. The molecule has 0 unspecified atom stereocenters. The molecule has 0 bridgehead atoms. The van der Waals surface area contributed by atoms with Crippen LogP contribution in [-0.2, 0) is 17.5 Å². The Morgan fingerprint density at radius 1 is 1.13 bits per heavy atom. The summed E-state index contributed by atoms with van der Waals surface area (Å²) in [6, 6.07) is 8.79. The average Bonchev–Trinajstić information content (AvgIpc) is 2.69. The van der Waals surface area contributed by atoms with Crippen molar-refractivity contribution in [3.63, 3.8) is 0 Å². The lowest BCUT2D eigenvalue weighted by molar-refractivity contribution is -0.137. The van der Waals surface area contributed by atoms with Gasteiger partial charge in [-0.2, -0.15) is 13.2 Å². The minimum absolute atomic E-state index is 0.00993. The van der Waals surface area contributed by atoms with Gasteiger partial charge in [0.05, 0.1) is 30.8 Å². The Morgan fingerprint density at radius 2 is 1.87 bits per heavy atom. The van der Waals surface area contributed by atoms with Crippen LogP contribution in [0.3, 0.4) is 0 Å². The van der Waals surface area contributed by atoms with E-state index in [0.29, 0.717) is 31.2 Å². The van der Waals surface area contributed by atoms with Crippen molar-refractivity contribution in [2.45, 2.75) is 26.6 Å². The average molecular weight is 445 g/mol. The lowest BCUT2D eigenvalue weighted by Crippen LogP contribution is -2.32. The van der Waals surface area contributed by atoms with Crippen LogP contribution in [0.25, 0.3) is 0 Å². The molecule has 1 N–H and O–H groups in total. The van der Waals surface area contributed by atoms with Gasteiger partial charge in [0.1, 0.15) is 0 Å². The lowest BCUT2D eigenvalue weighted by Gasteiger charge is -2.21. The number of benzene rings is 2. The first-order chi connectivity index (χ1) is 14.2. The van der Waals surface area contributed by atoms with Crippen LogP contribution in [0, 0.1) is 0 Å². The van der Waals surface area contributed by atoms with E-state index in [9.17, 15) is 18.0 Å². The summed E-state index contributed by atoms with van der Waals surface area (Å²) in [6.45, 7) is 5.32. The molecule has 2 aromatic rings. The number of nitrogens with one attached hydrogen (secondary N) is 1. The summed E-state index contributed by atoms with van der Waals surface area (Å²) in [5.41, 5.74) is -0.0397. The van der Waals surface area contributed by atoms with Gasteiger partial charge >= 0.3 is 6.18 Å². The quantitative estimate of drug-likeness (QED) is 0.575. The Hall–Kier alpha value is -2.45. The molecular formula is C21H24ClF3N2O3. The highest BCUT2D eigenvalue weighted by molar-refractivity contribution is 6.31. The van der Waals surface area contributed by atoms with E-state index < -0.39 is 22.7 Å². The standard InChI is InChI=1S/C21H24ClF3N2O3/c1-4-27(12-14-6-9-18(30-5-2)19(10-14)29-3)13-20(28)26-15-7-8-17(22)16(11-15)21(23,24)25/h6-11H,4-5,12-13H2,1-3H3,(H,26,28). The van der Waals surface area contributed by atoms with E-state index in [-0.39, 0.29) is 12.2 Å². The number of rotatable bonds is 9. The summed E-state index contributed by atoms with van der Waals surface area (Å²) in [4.78, 5) is 14.2. The van der Waals surface area contributed by atoms with Crippen LogP contribution in [0.4, 0.5) is 18.9 Å². The number of hydrogen-bond acceptors (Lipinski definition) is 4. The number of hydrogen-bond donors (Lipinski definition) is 1. The number of likely N-dealkylation sites (N-methyl/N-ethyl adjacent to an activating group) is 1. The second kappa shape index (κ2) is 10.5. The third kappa shape index (κ3) is 6.53. The van der Waals surface area contributed by atoms with Gasteiger partial charge in [-0.05, 0) is 49.4 Å². The fourth-order valence-electron chi connectivity index (χ4n) is 2.85. The van der Waals surface area contributed by atoms with Gasteiger partial charge in [0, 0.05) is 12.2 Å². The van der Waals surface area contributed by atoms with E-state index in [2.05, 4.69) is 5.32 Å². The molecule has 1 amide bonds. The van der Waals surface area contributed by atoms with Gasteiger partial charge < -0.3 is 14.8 Å². The molecule has 0 aliphatic rings. The normalized spacial score (nSPS) is 11.5. The number of amides is 1. The molecule has 2 rings (SSSR count). The number of anilines is 1. The molecule has 0 heterocycles. The monoisotopic (exact) mass is 444 g/mol. The number of nitrogens with zero attached hydrogens (tertiary/aromatic N) is 1. The Labute approximate surface area is 178 Å². The second-order valence-corrected chi connectivity index (χ2v) is 6.87. The van der Waals surface area contributed by atoms with Gasteiger partial charge in [0.25, 0.3) is 0 Å². The highest BCUT2D eigenvalue weighted by Crippen LogP contribution is 2.36. The van der Waals surface area contributed by atoms with Gasteiger partial charge in [0.2, 0.25) is 5.91 Å². The van der Waals surface area contributed by atoms with Gasteiger partial charge in [-0.15, -0.1) is 0 Å². The first-order valence-corrected chi connectivity index (χ1v) is 9.74. The molecule has 0 radical (unpaired) electrons. The van der Waals surface area contributed by atoms with Crippen LogP contribution in [0.5, 0.6) is 11.5 Å². The molecule has 0 atom stereocenters. The fraction of sp³-hybridized carbons (Fsp3) is 0.381. The highest BCUT2D eigenvalue weighted by atomic mass is 35.5. The highest BCUT2D eigenvalue weighted by Gasteiger charge is 2.33. The zero-order chi connectivity index (χ0) is 22.3. The van der Waals surface area contributed by atoms with Crippen LogP contribution in [0.2, 0.25) is 5.02 Å². The Bertz CT molecular complexity index is 875. The topological polar surface area (TPSA) is 50.8 Å². The zero-order valence-corrected chi connectivity index (χ0v) is 17.7.